The summed E-state index contributed by atoms with van der Waals surface area (Å²) in [5.41, 5.74) is 0. The summed E-state index contributed by atoms with van der Waals surface area (Å²) in [5, 5.41) is 0. The average molecular weight is 245 g/mol. The van der Waals surface area contributed by atoms with Crippen molar-refractivity contribution in [3.05, 3.63) is 0 Å². The maximum Gasteiger partial charge on any atom is 0.215 e. The van der Waals surface area contributed by atoms with Crippen LogP contribution in [-0.4, -0.2) is 42.8 Å². The molecule has 5 heteroatoms. The van der Waals surface area contributed by atoms with E-state index in [1.807, 2.05) is 0 Å². The molecule has 1 heterocycles. The summed E-state index contributed by atoms with van der Waals surface area (Å²) in [6.07, 6.45) is 2.84. The van der Waals surface area contributed by atoms with Crippen LogP contribution in [0, 0.1) is 0 Å². The maximum atomic E-state index is 4.01. The lowest BCUT2D eigenvalue weighted by Gasteiger charge is -2.34. The standard InChI is InChI=1S/C9H24N2Si3/c1-12(2)14(4,5)10-13(3)11-8-6-7-9-11/h10H,6-9H2,1-5H3. The Hall–Kier alpha value is 0.571. The first-order valence-electron chi connectivity index (χ1n) is 5.61. The quantitative estimate of drug-likeness (QED) is 0.759. The van der Waals surface area contributed by atoms with Crippen LogP contribution in [0.3, 0.4) is 0 Å². The highest BCUT2D eigenvalue weighted by atomic mass is 29.2. The minimum absolute atomic E-state index is 0.108. The fourth-order valence-electron chi connectivity index (χ4n) is 1.71. The Bertz CT molecular complexity index is 179. The van der Waals surface area contributed by atoms with Crippen molar-refractivity contribution in [2.45, 2.75) is 45.6 Å². The lowest BCUT2D eigenvalue weighted by molar-refractivity contribution is 0.532. The first-order valence-corrected chi connectivity index (χ1v) is 14.1. The summed E-state index contributed by atoms with van der Waals surface area (Å²) in [4.78, 5) is 0. The van der Waals surface area contributed by atoms with Gasteiger partial charge in [0.1, 0.15) is 7.75 Å². The Morgan fingerprint density at radius 3 is 2.00 bits per heavy atom. The number of hydrogen-bond donors (Lipinski definition) is 1. The smallest absolute Gasteiger partial charge is 0.215 e. The second-order valence-electron chi connectivity index (χ2n) is 5.03. The van der Waals surface area contributed by atoms with E-state index in [0.29, 0.717) is 0 Å². The topological polar surface area (TPSA) is 15.3 Å². The fraction of sp³-hybridized carbons (Fsp3) is 1.00. The van der Waals surface area contributed by atoms with E-state index in [1.54, 1.807) is 0 Å². The van der Waals surface area contributed by atoms with E-state index in [9.17, 15) is 0 Å². The molecule has 1 fully saturated rings. The second-order valence-corrected chi connectivity index (χ2v) is 19.8. The Kier molecular flexibility index (Phi) is 4.58. The molecule has 0 bridgehead atoms. The van der Waals surface area contributed by atoms with Gasteiger partial charge in [-0.15, -0.1) is 0 Å². The molecule has 1 N–H and O–H groups in total. The molecule has 0 aromatic rings. The molecule has 1 aliphatic heterocycles. The van der Waals surface area contributed by atoms with Crippen LogP contribution in [-0.2, 0) is 0 Å². The third-order valence-electron chi connectivity index (χ3n) is 3.32. The lowest BCUT2D eigenvalue weighted by atomic mass is 10.4. The maximum absolute atomic E-state index is 4.01. The summed E-state index contributed by atoms with van der Waals surface area (Å²) < 4.78 is 6.71. The summed E-state index contributed by atoms with van der Waals surface area (Å²) >= 11 is 0. The molecule has 2 nitrogen and oxygen atoms in total. The van der Waals surface area contributed by atoms with E-state index in [2.05, 4.69) is 41.9 Å². The predicted octanol–water partition coefficient (Wildman–Crippen LogP) is 1.83. The molecule has 82 valence electrons. The fourth-order valence-corrected chi connectivity index (χ4v) is 11.8. The van der Waals surface area contributed by atoms with Gasteiger partial charge in [-0.25, -0.2) is 0 Å². The lowest BCUT2D eigenvalue weighted by Crippen LogP contribution is -2.64. The number of rotatable bonds is 4. The molecule has 0 aromatic carbocycles. The zero-order valence-corrected chi connectivity index (χ0v) is 13.3. The van der Waals surface area contributed by atoms with E-state index in [-0.39, 0.29) is 8.31 Å². The molecular weight excluding hydrogens is 220 g/mol. The molecule has 1 saturated heterocycles. The number of hydrogen-bond acceptors (Lipinski definition) is 2. The highest BCUT2D eigenvalue weighted by molar-refractivity contribution is 7.31. The highest BCUT2D eigenvalue weighted by Crippen LogP contribution is 2.11. The largest absolute Gasteiger partial charge is 0.350 e. The minimum atomic E-state index is -1.06. The van der Waals surface area contributed by atoms with Gasteiger partial charge >= 0.3 is 0 Å². The van der Waals surface area contributed by atoms with Crippen molar-refractivity contribution < 1.29 is 0 Å². The highest BCUT2D eigenvalue weighted by Gasteiger charge is 2.31. The number of nitrogens with one attached hydrogen (secondary N) is 1. The van der Waals surface area contributed by atoms with Crippen molar-refractivity contribution in [1.82, 2.24) is 9.21 Å². The van der Waals surface area contributed by atoms with E-state index >= 15 is 0 Å². The van der Waals surface area contributed by atoms with Crippen LogP contribution in [0.1, 0.15) is 12.8 Å². The molecule has 0 aliphatic carbocycles. The molecule has 0 unspecified atom stereocenters. The van der Waals surface area contributed by atoms with Crippen molar-refractivity contribution >= 4 is 25.2 Å². The Morgan fingerprint density at radius 1 is 1.07 bits per heavy atom. The Balaban J connectivity index is 2.42. The molecule has 0 amide bonds. The van der Waals surface area contributed by atoms with Gasteiger partial charge in [-0.05, 0) is 32.5 Å². The van der Waals surface area contributed by atoms with Gasteiger partial charge in [0.25, 0.3) is 0 Å². The number of nitrogens with zero attached hydrogens (tertiary/aromatic N) is 1. The van der Waals surface area contributed by atoms with Gasteiger partial charge in [-0.2, -0.15) is 0 Å². The molecule has 0 atom stereocenters. The van der Waals surface area contributed by atoms with Gasteiger partial charge in [0.15, 0.2) is 0 Å². The molecule has 0 aromatic heterocycles. The monoisotopic (exact) mass is 244 g/mol. The second kappa shape index (κ2) is 5.07. The van der Waals surface area contributed by atoms with Gasteiger partial charge in [0.2, 0.25) is 9.12 Å². The Morgan fingerprint density at radius 2 is 1.57 bits per heavy atom. The van der Waals surface area contributed by atoms with Crippen LogP contribution in [0.25, 0.3) is 0 Å². The summed E-state index contributed by atoms with van der Waals surface area (Å²) in [6.45, 7) is 15.1. The zero-order chi connectivity index (χ0) is 10.8. The summed E-state index contributed by atoms with van der Waals surface area (Å²) in [7, 11) is -1.56. The van der Waals surface area contributed by atoms with E-state index < -0.39 is 16.9 Å². The normalized spacial score (nSPS) is 19.9. The predicted molar refractivity (Wildman–Crippen MR) is 70.5 cm³/mol. The molecule has 1 aliphatic rings. The van der Waals surface area contributed by atoms with Crippen LogP contribution in [0.5, 0.6) is 0 Å². The van der Waals surface area contributed by atoms with Gasteiger partial charge in [0, 0.05) is 0 Å². The van der Waals surface area contributed by atoms with Crippen molar-refractivity contribution in [2.24, 2.45) is 0 Å². The van der Waals surface area contributed by atoms with Crippen LogP contribution in [0.15, 0.2) is 0 Å². The molecule has 2 radical (unpaired) electrons. The zero-order valence-electron chi connectivity index (χ0n) is 10.3. The third kappa shape index (κ3) is 3.30. The van der Waals surface area contributed by atoms with Crippen molar-refractivity contribution in [1.29, 1.82) is 0 Å². The van der Waals surface area contributed by atoms with E-state index in [4.69, 9.17) is 0 Å². The van der Waals surface area contributed by atoms with E-state index in [1.165, 1.54) is 25.9 Å². The minimum Gasteiger partial charge on any atom is -0.350 e. The van der Waals surface area contributed by atoms with Crippen molar-refractivity contribution in [2.75, 3.05) is 13.1 Å². The third-order valence-corrected chi connectivity index (χ3v) is 19.8. The summed E-state index contributed by atoms with van der Waals surface area (Å²) in [6, 6.07) is 0. The molecule has 1 rings (SSSR count). The molecule has 0 spiro atoms. The van der Waals surface area contributed by atoms with Gasteiger partial charge in [0.05, 0.1) is 8.31 Å². The van der Waals surface area contributed by atoms with Crippen LogP contribution in [0.2, 0.25) is 32.7 Å². The van der Waals surface area contributed by atoms with Crippen molar-refractivity contribution in [3.8, 4) is 0 Å². The molecular formula is C9H24N2Si3. The van der Waals surface area contributed by atoms with Crippen LogP contribution >= 0.6 is 0 Å². The Labute approximate surface area is 93.3 Å². The van der Waals surface area contributed by atoms with Crippen molar-refractivity contribution in [3.63, 3.8) is 0 Å². The van der Waals surface area contributed by atoms with Crippen LogP contribution < -0.4 is 4.65 Å². The van der Waals surface area contributed by atoms with Crippen LogP contribution in [0.4, 0.5) is 0 Å². The van der Waals surface area contributed by atoms with Gasteiger partial charge < -0.3 is 9.21 Å². The van der Waals surface area contributed by atoms with E-state index in [0.717, 1.165) is 0 Å². The first kappa shape index (κ1) is 12.6. The SMILES string of the molecule is C[Si](N[Si](C)(C)[Si](C)C)N1CCCC1. The van der Waals surface area contributed by atoms with Gasteiger partial charge in [-0.1, -0.05) is 26.2 Å². The first-order chi connectivity index (χ1) is 6.43. The van der Waals surface area contributed by atoms with Gasteiger partial charge in [-0.3, -0.25) is 0 Å². The molecule has 14 heavy (non-hydrogen) atoms. The molecule has 0 saturated carbocycles. The average Bonchev–Trinajstić information content (AvgIpc) is 2.54. The summed E-state index contributed by atoms with van der Waals surface area (Å²) in [5.74, 6) is 0.